The maximum atomic E-state index is 13.9. The molecule has 6 nitrogen and oxygen atoms in total. The molecule has 4 rings (SSSR count). The third-order valence-electron chi connectivity index (χ3n) is 6.68. The van der Waals surface area contributed by atoms with Crippen molar-refractivity contribution in [3.05, 3.63) is 65.2 Å². The van der Waals surface area contributed by atoms with E-state index in [1.54, 1.807) is 24.3 Å². The number of hydrogen-bond acceptors (Lipinski definition) is 5. The van der Waals surface area contributed by atoms with Gasteiger partial charge in [0.2, 0.25) is 5.91 Å². The van der Waals surface area contributed by atoms with Crippen molar-refractivity contribution in [3.8, 4) is 5.75 Å². The minimum atomic E-state index is -0.853. The zero-order valence-electron chi connectivity index (χ0n) is 19.9. The summed E-state index contributed by atoms with van der Waals surface area (Å²) in [5.41, 5.74) is 1.09. The van der Waals surface area contributed by atoms with E-state index in [4.69, 9.17) is 9.47 Å². The fourth-order valence-corrected chi connectivity index (χ4v) is 4.54. The van der Waals surface area contributed by atoms with Crippen molar-refractivity contribution in [1.82, 2.24) is 14.7 Å². The standard InChI is InChI=1S/C26H33F2N3O3/c1-20-3-4-23(28)15-21(20)17-30-13-14-34-26(18-30,19-33-24-7-5-22(27)6-8-24)16-25(32)31-11-9-29(2)10-12-31/h3-8,15H,9-14,16-19H2,1-2H3/t26-/m1/s1. The fraction of sp³-hybridized carbons (Fsp3) is 0.500. The highest BCUT2D eigenvalue weighted by Gasteiger charge is 2.41. The second-order valence-electron chi connectivity index (χ2n) is 9.42. The van der Waals surface area contributed by atoms with E-state index in [1.807, 2.05) is 11.8 Å². The summed E-state index contributed by atoms with van der Waals surface area (Å²) >= 11 is 0. The van der Waals surface area contributed by atoms with Gasteiger partial charge in [0.25, 0.3) is 0 Å². The van der Waals surface area contributed by atoms with Crippen LogP contribution in [-0.2, 0) is 16.1 Å². The van der Waals surface area contributed by atoms with Gasteiger partial charge in [-0.25, -0.2) is 8.78 Å². The number of likely N-dealkylation sites (N-methyl/N-ethyl adjacent to an activating group) is 1. The summed E-state index contributed by atoms with van der Waals surface area (Å²) in [6.07, 6.45) is 0.191. The van der Waals surface area contributed by atoms with E-state index in [0.717, 1.165) is 24.2 Å². The molecule has 0 saturated carbocycles. The van der Waals surface area contributed by atoms with Gasteiger partial charge >= 0.3 is 0 Å². The van der Waals surface area contributed by atoms with Crippen molar-refractivity contribution in [1.29, 1.82) is 0 Å². The summed E-state index contributed by atoms with van der Waals surface area (Å²) in [5, 5.41) is 0. The summed E-state index contributed by atoms with van der Waals surface area (Å²) < 4.78 is 39.4. The number of morpholine rings is 1. The minimum absolute atomic E-state index is 0.0413. The van der Waals surface area contributed by atoms with Crippen LogP contribution in [0.3, 0.4) is 0 Å². The highest BCUT2D eigenvalue weighted by molar-refractivity contribution is 5.77. The van der Waals surface area contributed by atoms with Gasteiger partial charge in [-0.2, -0.15) is 0 Å². The van der Waals surface area contributed by atoms with Crippen LogP contribution >= 0.6 is 0 Å². The lowest BCUT2D eigenvalue weighted by Gasteiger charge is -2.43. The molecule has 0 spiro atoms. The molecule has 2 aliphatic rings. The van der Waals surface area contributed by atoms with Crippen LogP contribution in [0.25, 0.3) is 0 Å². The molecule has 1 amide bonds. The third kappa shape index (κ3) is 6.31. The number of hydrogen-bond donors (Lipinski definition) is 0. The van der Waals surface area contributed by atoms with Gasteiger partial charge in [-0.3, -0.25) is 9.69 Å². The Morgan fingerprint density at radius 1 is 1.03 bits per heavy atom. The molecule has 34 heavy (non-hydrogen) atoms. The average molecular weight is 474 g/mol. The van der Waals surface area contributed by atoms with E-state index in [0.29, 0.717) is 45.1 Å². The first-order valence-corrected chi connectivity index (χ1v) is 11.8. The van der Waals surface area contributed by atoms with Crippen LogP contribution in [0.4, 0.5) is 8.78 Å². The van der Waals surface area contributed by atoms with E-state index >= 15 is 0 Å². The molecule has 2 heterocycles. The zero-order chi connectivity index (χ0) is 24.1. The molecular formula is C26H33F2N3O3. The van der Waals surface area contributed by atoms with Crippen LogP contribution in [0.5, 0.6) is 5.75 Å². The van der Waals surface area contributed by atoms with E-state index in [2.05, 4.69) is 16.8 Å². The number of piperazine rings is 1. The molecule has 0 aliphatic carbocycles. The van der Waals surface area contributed by atoms with Gasteiger partial charge in [-0.15, -0.1) is 0 Å². The largest absolute Gasteiger partial charge is 0.491 e. The number of amides is 1. The first kappa shape index (κ1) is 24.6. The third-order valence-corrected chi connectivity index (χ3v) is 6.68. The molecule has 2 aromatic carbocycles. The van der Waals surface area contributed by atoms with Gasteiger partial charge in [0.05, 0.1) is 13.0 Å². The molecule has 0 aromatic heterocycles. The van der Waals surface area contributed by atoms with Crippen molar-refractivity contribution in [2.24, 2.45) is 0 Å². The van der Waals surface area contributed by atoms with Gasteiger partial charge in [0, 0.05) is 45.8 Å². The van der Waals surface area contributed by atoms with Crippen LogP contribution in [0.2, 0.25) is 0 Å². The maximum Gasteiger partial charge on any atom is 0.225 e. The second kappa shape index (κ2) is 10.8. The van der Waals surface area contributed by atoms with Gasteiger partial charge in [0.15, 0.2) is 0 Å². The number of nitrogens with zero attached hydrogens (tertiary/aromatic N) is 3. The van der Waals surface area contributed by atoms with Crippen molar-refractivity contribution < 1.29 is 23.0 Å². The highest BCUT2D eigenvalue weighted by atomic mass is 19.1. The fourth-order valence-electron chi connectivity index (χ4n) is 4.54. The van der Waals surface area contributed by atoms with E-state index in [9.17, 15) is 13.6 Å². The summed E-state index contributed by atoms with van der Waals surface area (Å²) in [6.45, 7) is 7.36. The molecule has 1 atom stereocenters. The first-order valence-electron chi connectivity index (χ1n) is 11.8. The Labute approximate surface area is 200 Å². The predicted molar refractivity (Wildman–Crippen MR) is 126 cm³/mol. The zero-order valence-corrected chi connectivity index (χ0v) is 19.9. The Bertz CT molecular complexity index is 980. The summed E-state index contributed by atoms with van der Waals surface area (Å²) in [5.74, 6) is -0.0306. The van der Waals surface area contributed by atoms with Gasteiger partial charge in [0.1, 0.15) is 29.6 Å². The van der Waals surface area contributed by atoms with E-state index < -0.39 is 5.60 Å². The second-order valence-corrected chi connectivity index (χ2v) is 9.42. The van der Waals surface area contributed by atoms with Crippen LogP contribution in [0, 0.1) is 18.6 Å². The molecule has 0 N–H and O–H groups in total. The molecule has 8 heteroatoms. The molecule has 0 bridgehead atoms. The van der Waals surface area contributed by atoms with Crippen molar-refractivity contribution in [2.45, 2.75) is 25.5 Å². The predicted octanol–water partition coefficient (Wildman–Crippen LogP) is 3.09. The number of carbonyl (C=O) groups excluding carboxylic acids is 1. The number of aryl methyl sites for hydroxylation is 1. The number of ether oxygens (including phenoxy) is 2. The number of halogens is 2. The number of carbonyl (C=O) groups is 1. The van der Waals surface area contributed by atoms with Crippen LogP contribution in [0.1, 0.15) is 17.5 Å². The molecule has 184 valence electrons. The summed E-state index contributed by atoms with van der Waals surface area (Å²) in [4.78, 5) is 19.5. The Morgan fingerprint density at radius 3 is 2.47 bits per heavy atom. The SMILES string of the molecule is Cc1ccc(F)cc1CN1CCO[C@](COc2ccc(F)cc2)(CC(=O)N2CCN(C)CC2)C1. The van der Waals surface area contributed by atoms with Gasteiger partial charge < -0.3 is 19.3 Å². The Balaban J connectivity index is 1.50. The van der Waals surface area contributed by atoms with Crippen molar-refractivity contribution in [2.75, 3.05) is 59.5 Å². The quantitative estimate of drug-likeness (QED) is 0.619. The molecule has 2 fully saturated rings. The van der Waals surface area contributed by atoms with E-state index in [-0.39, 0.29) is 30.6 Å². The topological polar surface area (TPSA) is 45.3 Å². The normalized spacial score (nSPS) is 22.1. The van der Waals surface area contributed by atoms with Crippen LogP contribution in [-0.4, -0.2) is 85.7 Å². The first-order chi connectivity index (χ1) is 16.3. The smallest absolute Gasteiger partial charge is 0.225 e. The molecule has 2 aromatic rings. The lowest BCUT2D eigenvalue weighted by Crippen LogP contribution is -2.58. The minimum Gasteiger partial charge on any atom is -0.491 e. The molecule has 0 unspecified atom stereocenters. The van der Waals surface area contributed by atoms with Crippen molar-refractivity contribution >= 4 is 5.91 Å². The highest BCUT2D eigenvalue weighted by Crippen LogP contribution is 2.27. The molecule has 2 aliphatic heterocycles. The number of benzene rings is 2. The lowest BCUT2D eigenvalue weighted by molar-refractivity contribution is -0.157. The van der Waals surface area contributed by atoms with E-state index in [1.165, 1.54) is 18.2 Å². The van der Waals surface area contributed by atoms with Crippen LogP contribution in [0.15, 0.2) is 42.5 Å². The Morgan fingerprint density at radius 2 is 1.74 bits per heavy atom. The lowest BCUT2D eigenvalue weighted by atomic mass is 9.96. The Kier molecular flexibility index (Phi) is 7.80. The molecular weight excluding hydrogens is 440 g/mol. The molecule has 0 radical (unpaired) electrons. The monoisotopic (exact) mass is 473 g/mol. The van der Waals surface area contributed by atoms with Crippen molar-refractivity contribution in [3.63, 3.8) is 0 Å². The average Bonchev–Trinajstić information content (AvgIpc) is 2.82. The Hall–Kier alpha value is -2.55. The maximum absolute atomic E-state index is 13.9. The number of rotatable bonds is 7. The van der Waals surface area contributed by atoms with Gasteiger partial charge in [-0.05, 0) is 61.5 Å². The van der Waals surface area contributed by atoms with Gasteiger partial charge in [-0.1, -0.05) is 6.07 Å². The van der Waals surface area contributed by atoms with Crippen LogP contribution < -0.4 is 4.74 Å². The molecule has 2 saturated heterocycles. The summed E-state index contributed by atoms with van der Waals surface area (Å²) in [7, 11) is 2.05. The summed E-state index contributed by atoms with van der Waals surface area (Å²) in [6, 6.07) is 10.7.